The third-order valence-corrected chi connectivity index (χ3v) is 6.39. The lowest BCUT2D eigenvalue weighted by molar-refractivity contribution is -0.0714. The van der Waals surface area contributed by atoms with Crippen molar-refractivity contribution in [3.05, 3.63) is 77.3 Å². The molecular weight excluding hydrogens is 499 g/mol. The largest absolute Gasteiger partial charge is 0.481 e. The van der Waals surface area contributed by atoms with Crippen molar-refractivity contribution in [2.45, 2.75) is 43.6 Å². The van der Waals surface area contributed by atoms with Crippen LogP contribution in [-0.2, 0) is 4.74 Å². The maximum absolute atomic E-state index is 14.7. The Morgan fingerprint density at radius 2 is 2.00 bits per heavy atom. The van der Waals surface area contributed by atoms with Crippen molar-refractivity contribution in [1.82, 2.24) is 15.3 Å². The molecule has 3 aromatic rings. The molecule has 0 spiro atoms. The van der Waals surface area contributed by atoms with E-state index in [-0.39, 0.29) is 29.7 Å². The lowest BCUT2D eigenvalue weighted by Gasteiger charge is -2.37. The molecule has 3 heterocycles. The number of ether oxygens (including phenoxy) is 2. The van der Waals surface area contributed by atoms with Crippen LogP contribution in [0.1, 0.15) is 30.4 Å². The van der Waals surface area contributed by atoms with Gasteiger partial charge in [0.15, 0.2) is 5.82 Å². The molecule has 1 aromatic carbocycles. The fraction of sp³-hybridized carbons (Fsp3) is 0.357. The monoisotopic (exact) mass is 529 g/mol. The molecule has 7 nitrogen and oxygen atoms in total. The van der Waals surface area contributed by atoms with Gasteiger partial charge in [-0.2, -0.15) is 0 Å². The second kappa shape index (κ2) is 13.0. The van der Waals surface area contributed by atoms with E-state index in [1.165, 1.54) is 13.2 Å². The highest BCUT2D eigenvalue weighted by molar-refractivity contribution is 5.84. The summed E-state index contributed by atoms with van der Waals surface area (Å²) in [5.74, 6) is -1.23. The maximum atomic E-state index is 14.7. The molecule has 0 bridgehead atoms. The molecule has 0 unspecified atom stereocenters. The number of benzene rings is 1. The number of fused-ring (bicyclic) bond motifs is 1. The summed E-state index contributed by atoms with van der Waals surface area (Å²) in [6.07, 6.45) is 7.37. The first kappa shape index (κ1) is 27.7. The minimum atomic E-state index is -0.970. The smallest absolute Gasteiger partial charge is 0.213 e. The molecule has 1 aliphatic rings. The molecule has 202 valence electrons. The Balaban J connectivity index is 1.44. The number of methoxy groups -OCH3 is 1. The molecule has 0 aliphatic carbocycles. The van der Waals surface area contributed by atoms with Gasteiger partial charge in [0.25, 0.3) is 0 Å². The van der Waals surface area contributed by atoms with E-state index in [0.717, 1.165) is 24.4 Å². The van der Waals surface area contributed by atoms with Gasteiger partial charge >= 0.3 is 0 Å². The Hall–Kier alpha value is -3.31. The zero-order chi connectivity index (χ0) is 27.1. The minimum absolute atomic E-state index is 0.145. The molecule has 38 heavy (non-hydrogen) atoms. The summed E-state index contributed by atoms with van der Waals surface area (Å²) in [5, 5.41) is 22.7. The Morgan fingerprint density at radius 3 is 2.79 bits per heavy atom. The first-order chi connectivity index (χ1) is 18.4. The van der Waals surface area contributed by atoms with Gasteiger partial charge in [0, 0.05) is 36.2 Å². The van der Waals surface area contributed by atoms with Gasteiger partial charge in [0.1, 0.15) is 17.2 Å². The van der Waals surface area contributed by atoms with Crippen molar-refractivity contribution in [3.63, 3.8) is 0 Å². The summed E-state index contributed by atoms with van der Waals surface area (Å²) in [6.45, 7) is -0.0501. The predicted molar refractivity (Wildman–Crippen MR) is 138 cm³/mol. The summed E-state index contributed by atoms with van der Waals surface area (Å²) in [4.78, 5) is 8.41. The van der Waals surface area contributed by atoms with E-state index < -0.39 is 36.3 Å². The number of pyridine rings is 2. The van der Waals surface area contributed by atoms with Crippen LogP contribution in [0.25, 0.3) is 23.2 Å². The van der Waals surface area contributed by atoms with Crippen LogP contribution in [0, 0.1) is 17.5 Å². The molecule has 1 aliphatic heterocycles. The van der Waals surface area contributed by atoms with E-state index >= 15 is 0 Å². The average molecular weight is 530 g/mol. The molecule has 1 fully saturated rings. The van der Waals surface area contributed by atoms with E-state index in [1.807, 2.05) is 0 Å². The van der Waals surface area contributed by atoms with E-state index in [0.29, 0.717) is 36.3 Å². The fourth-order valence-electron chi connectivity index (χ4n) is 4.42. The highest BCUT2D eigenvalue weighted by Gasteiger charge is 2.31. The van der Waals surface area contributed by atoms with Crippen molar-refractivity contribution >= 4 is 23.2 Å². The van der Waals surface area contributed by atoms with E-state index in [1.54, 1.807) is 30.4 Å². The van der Waals surface area contributed by atoms with Crippen molar-refractivity contribution in [1.29, 1.82) is 0 Å². The van der Waals surface area contributed by atoms with E-state index in [9.17, 15) is 23.4 Å². The fourth-order valence-corrected chi connectivity index (χ4v) is 4.42. The number of aliphatic hydroxyl groups is 2. The van der Waals surface area contributed by atoms with Crippen molar-refractivity contribution in [2.75, 3.05) is 20.3 Å². The highest BCUT2D eigenvalue weighted by Crippen LogP contribution is 2.27. The van der Waals surface area contributed by atoms with Crippen molar-refractivity contribution in [2.24, 2.45) is 0 Å². The van der Waals surface area contributed by atoms with Crippen LogP contribution in [0.4, 0.5) is 13.2 Å². The predicted octanol–water partition coefficient (Wildman–Crippen LogP) is 4.03. The van der Waals surface area contributed by atoms with Crippen LogP contribution < -0.4 is 10.1 Å². The van der Waals surface area contributed by atoms with Crippen LogP contribution in [0.2, 0.25) is 0 Å². The molecular formula is C28H30F3N3O4. The second-order valence-electron chi connectivity index (χ2n) is 9.05. The number of nitrogens with zero attached hydrogens (tertiary/aromatic N) is 2. The SMILES string of the molecule is COc1ccc2ncc(F)c(C=C[C@@H]3CC[C@@H](NCC=Cc4cc(F)ccc4F)[C@@H](C[C@@H](O)CO)O3)c2n1. The summed E-state index contributed by atoms with van der Waals surface area (Å²) in [7, 11) is 1.48. The van der Waals surface area contributed by atoms with Crippen LogP contribution >= 0.6 is 0 Å². The number of hydrogen-bond donors (Lipinski definition) is 3. The van der Waals surface area contributed by atoms with Gasteiger partial charge in [-0.3, -0.25) is 4.98 Å². The van der Waals surface area contributed by atoms with Gasteiger partial charge in [0.2, 0.25) is 5.88 Å². The molecule has 0 saturated carbocycles. The van der Waals surface area contributed by atoms with Gasteiger partial charge in [-0.15, -0.1) is 0 Å². The molecule has 0 amide bonds. The summed E-state index contributed by atoms with van der Waals surface area (Å²) in [6, 6.07) is 6.45. The molecule has 2 aromatic heterocycles. The number of nitrogens with one attached hydrogen (secondary N) is 1. The Labute approximate surface area is 218 Å². The number of halogens is 3. The summed E-state index contributed by atoms with van der Waals surface area (Å²) in [5.41, 5.74) is 1.30. The molecule has 0 radical (unpaired) electrons. The van der Waals surface area contributed by atoms with E-state index in [2.05, 4.69) is 15.3 Å². The number of rotatable bonds is 10. The normalized spacial score (nSPS) is 20.9. The van der Waals surface area contributed by atoms with Crippen LogP contribution in [0.15, 0.2) is 48.7 Å². The van der Waals surface area contributed by atoms with Crippen molar-refractivity contribution in [3.8, 4) is 5.88 Å². The molecule has 4 atom stereocenters. The van der Waals surface area contributed by atoms with Gasteiger partial charge < -0.3 is 25.0 Å². The lowest BCUT2D eigenvalue weighted by atomic mass is 9.94. The molecule has 1 saturated heterocycles. The first-order valence-corrected chi connectivity index (χ1v) is 12.3. The molecule has 3 N–H and O–H groups in total. The zero-order valence-corrected chi connectivity index (χ0v) is 20.9. The second-order valence-corrected chi connectivity index (χ2v) is 9.05. The minimum Gasteiger partial charge on any atom is -0.481 e. The quantitative estimate of drug-likeness (QED) is 0.365. The highest BCUT2D eigenvalue weighted by atomic mass is 19.1. The number of hydrogen-bond acceptors (Lipinski definition) is 7. The van der Waals surface area contributed by atoms with Crippen LogP contribution in [-0.4, -0.2) is 64.8 Å². The van der Waals surface area contributed by atoms with Gasteiger partial charge in [-0.1, -0.05) is 24.3 Å². The summed E-state index contributed by atoms with van der Waals surface area (Å²) < 4.78 is 53.2. The van der Waals surface area contributed by atoms with Gasteiger partial charge in [-0.05, 0) is 37.1 Å². The topological polar surface area (TPSA) is 96.7 Å². The third-order valence-electron chi connectivity index (χ3n) is 6.39. The lowest BCUT2D eigenvalue weighted by Crippen LogP contribution is -2.48. The molecule has 10 heteroatoms. The Morgan fingerprint density at radius 1 is 1.16 bits per heavy atom. The average Bonchev–Trinajstić information content (AvgIpc) is 2.92. The third kappa shape index (κ3) is 6.96. The maximum Gasteiger partial charge on any atom is 0.213 e. The van der Waals surface area contributed by atoms with Gasteiger partial charge in [0.05, 0.1) is 43.7 Å². The summed E-state index contributed by atoms with van der Waals surface area (Å²) >= 11 is 0. The first-order valence-electron chi connectivity index (χ1n) is 12.3. The standard InChI is InChI=1S/C28H30F3N3O4/c1-37-27-11-10-25-28(34-27)21(23(31)15-33-25)7-5-20-6-9-24(26(38-20)14-19(36)16-35)32-12-2-3-17-13-18(29)4-8-22(17)30/h2-5,7-8,10-11,13,15,19-20,24,26,32,35-36H,6,9,12,14,16H2,1H3/t19-,20-,24-,26-/m1/s1. The van der Waals surface area contributed by atoms with Gasteiger partial charge in [-0.25, -0.2) is 18.2 Å². The van der Waals surface area contributed by atoms with Crippen molar-refractivity contribution < 1.29 is 32.9 Å². The van der Waals surface area contributed by atoms with Crippen LogP contribution in [0.5, 0.6) is 5.88 Å². The zero-order valence-electron chi connectivity index (χ0n) is 20.9. The van der Waals surface area contributed by atoms with E-state index in [4.69, 9.17) is 9.47 Å². The molecule has 4 rings (SSSR count). The Bertz CT molecular complexity index is 1300. The Kier molecular flexibility index (Phi) is 9.46. The van der Waals surface area contributed by atoms with Crippen LogP contribution in [0.3, 0.4) is 0 Å². The number of aromatic nitrogens is 2. The number of aliphatic hydroxyl groups excluding tert-OH is 2.